The van der Waals surface area contributed by atoms with Gasteiger partial charge in [0.25, 0.3) is 0 Å². The Kier molecular flexibility index (Phi) is 6.43. The molecule has 4 rings (SSSR count). The zero-order valence-electron chi connectivity index (χ0n) is 16.8. The molecule has 3 aliphatic rings. The fraction of sp³-hybridized carbons (Fsp3) is 0.571. The summed E-state index contributed by atoms with van der Waals surface area (Å²) in [6.45, 7) is 3.32. The summed E-state index contributed by atoms with van der Waals surface area (Å²) in [5.41, 5.74) is 2.06. The van der Waals surface area contributed by atoms with Crippen LogP contribution in [0.1, 0.15) is 25.7 Å². The van der Waals surface area contributed by atoms with Crippen LogP contribution in [0.2, 0.25) is 0 Å². The van der Waals surface area contributed by atoms with E-state index in [9.17, 15) is 14.4 Å². The Morgan fingerprint density at radius 3 is 2.60 bits per heavy atom. The third kappa shape index (κ3) is 4.70. The van der Waals surface area contributed by atoms with Crippen molar-refractivity contribution in [1.82, 2.24) is 10.2 Å². The first-order valence-electron chi connectivity index (χ1n) is 10.5. The maximum absolute atomic E-state index is 11.9. The van der Waals surface area contributed by atoms with Gasteiger partial charge in [-0.2, -0.15) is 0 Å². The minimum absolute atomic E-state index is 0.103. The van der Waals surface area contributed by atoms with E-state index in [0.717, 1.165) is 37.3 Å². The molecule has 3 saturated heterocycles. The van der Waals surface area contributed by atoms with E-state index < -0.39 is 0 Å². The summed E-state index contributed by atoms with van der Waals surface area (Å²) in [6.07, 6.45) is 2.69. The molecule has 9 heteroatoms. The standard InChI is InChI=1S/C21H27ClN4O4/c22-21(29)26(18-12-30-13-18)16-6-8-25(9-7-16)17-3-1-2-15(10-17)23-11-14-4-5-19(27)24-20(14)28/h1-3,10,14,16,18,23H,4-9,11-13H2,(H,24,27,28). The van der Waals surface area contributed by atoms with E-state index in [1.54, 1.807) is 4.90 Å². The van der Waals surface area contributed by atoms with Gasteiger partial charge in [0.2, 0.25) is 11.8 Å². The molecule has 1 aromatic rings. The van der Waals surface area contributed by atoms with Crippen molar-refractivity contribution in [3.63, 3.8) is 0 Å². The monoisotopic (exact) mass is 434 g/mol. The number of benzene rings is 1. The molecule has 8 nitrogen and oxygen atoms in total. The quantitative estimate of drug-likeness (QED) is 0.405. The van der Waals surface area contributed by atoms with Crippen LogP contribution >= 0.6 is 11.6 Å². The molecule has 0 saturated carbocycles. The highest BCUT2D eigenvalue weighted by Gasteiger charge is 2.36. The molecule has 1 atom stereocenters. The number of anilines is 2. The number of amides is 3. The highest BCUT2D eigenvalue weighted by Crippen LogP contribution is 2.28. The summed E-state index contributed by atoms with van der Waals surface area (Å²) in [6, 6.07) is 8.37. The number of imide groups is 1. The van der Waals surface area contributed by atoms with E-state index >= 15 is 0 Å². The first kappa shape index (κ1) is 20.9. The molecule has 0 spiro atoms. The van der Waals surface area contributed by atoms with Gasteiger partial charge >= 0.3 is 5.37 Å². The molecule has 0 aromatic heterocycles. The molecule has 0 aliphatic carbocycles. The number of carbonyl (C=O) groups excluding carboxylic acids is 3. The third-order valence-corrected chi connectivity index (χ3v) is 6.39. The Morgan fingerprint density at radius 1 is 1.20 bits per heavy atom. The number of hydrogen-bond donors (Lipinski definition) is 2. The van der Waals surface area contributed by atoms with E-state index in [-0.39, 0.29) is 35.2 Å². The predicted molar refractivity (Wildman–Crippen MR) is 114 cm³/mol. The lowest BCUT2D eigenvalue weighted by Crippen LogP contribution is -2.56. The van der Waals surface area contributed by atoms with Crippen LogP contribution in [-0.2, 0) is 14.3 Å². The second-order valence-corrected chi connectivity index (χ2v) is 8.47. The lowest BCUT2D eigenvalue weighted by molar-refractivity contribution is -0.135. The van der Waals surface area contributed by atoms with Gasteiger partial charge in [0.05, 0.1) is 25.2 Å². The van der Waals surface area contributed by atoms with Crippen LogP contribution in [0.3, 0.4) is 0 Å². The Hall–Kier alpha value is -2.32. The summed E-state index contributed by atoms with van der Waals surface area (Å²) >= 11 is 5.84. The molecule has 3 fully saturated rings. The largest absolute Gasteiger partial charge is 0.384 e. The Balaban J connectivity index is 1.31. The van der Waals surface area contributed by atoms with Crippen molar-refractivity contribution in [2.45, 2.75) is 37.8 Å². The van der Waals surface area contributed by atoms with Crippen molar-refractivity contribution in [1.29, 1.82) is 0 Å². The zero-order valence-corrected chi connectivity index (χ0v) is 17.6. The van der Waals surface area contributed by atoms with E-state index in [1.807, 2.05) is 12.1 Å². The smallest absolute Gasteiger partial charge is 0.317 e. The van der Waals surface area contributed by atoms with E-state index in [2.05, 4.69) is 27.7 Å². The zero-order chi connectivity index (χ0) is 21.1. The van der Waals surface area contributed by atoms with Gasteiger partial charge in [0, 0.05) is 43.5 Å². The van der Waals surface area contributed by atoms with Crippen LogP contribution in [-0.4, -0.2) is 67.0 Å². The predicted octanol–water partition coefficient (Wildman–Crippen LogP) is 2.18. The van der Waals surface area contributed by atoms with Gasteiger partial charge in [0.1, 0.15) is 0 Å². The maximum atomic E-state index is 11.9. The molecule has 3 amide bonds. The molecule has 0 radical (unpaired) electrons. The number of piperidine rings is 2. The van der Waals surface area contributed by atoms with Crippen molar-refractivity contribution in [2.24, 2.45) is 5.92 Å². The highest BCUT2D eigenvalue weighted by molar-refractivity contribution is 6.62. The number of rotatable bonds is 6. The molecular weight excluding hydrogens is 408 g/mol. The molecule has 30 heavy (non-hydrogen) atoms. The van der Waals surface area contributed by atoms with Gasteiger partial charge < -0.3 is 19.9 Å². The molecule has 1 unspecified atom stereocenters. The first-order valence-corrected chi connectivity index (χ1v) is 10.9. The molecule has 3 heterocycles. The van der Waals surface area contributed by atoms with Crippen molar-refractivity contribution in [3.8, 4) is 0 Å². The van der Waals surface area contributed by atoms with Crippen molar-refractivity contribution in [3.05, 3.63) is 24.3 Å². The molecule has 0 bridgehead atoms. The van der Waals surface area contributed by atoms with E-state index in [0.29, 0.717) is 32.6 Å². The number of nitrogens with zero attached hydrogens (tertiary/aromatic N) is 2. The fourth-order valence-corrected chi connectivity index (χ4v) is 4.63. The van der Waals surface area contributed by atoms with Crippen molar-refractivity contribution < 1.29 is 19.1 Å². The summed E-state index contributed by atoms with van der Waals surface area (Å²) in [4.78, 5) is 39.2. The van der Waals surface area contributed by atoms with Gasteiger partial charge in [0.15, 0.2) is 0 Å². The molecular formula is C21H27ClN4O4. The number of ether oxygens (including phenoxy) is 1. The Morgan fingerprint density at radius 2 is 1.97 bits per heavy atom. The van der Waals surface area contributed by atoms with Gasteiger partial charge in [-0.1, -0.05) is 6.07 Å². The van der Waals surface area contributed by atoms with Crippen LogP contribution in [0.5, 0.6) is 0 Å². The Labute approximate surface area is 180 Å². The molecule has 2 N–H and O–H groups in total. The minimum atomic E-state index is -0.388. The molecule has 162 valence electrons. The normalized spacial score (nSPS) is 23.0. The Bertz CT molecular complexity index is 808. The summed E-state index contributed by atoms with van der Waals surface area (Å²) < 4.78 is 5.23. The topological polar surface area (TPSA) is 91.0 Å². The van der Waals surface area contributed by atoms with Gasteiger partial charge in [-0.3, -0.25) is 19.7 Å². The minimum Gasteiger partial charge on any atom is -0.384 e. The van der Waals surface area contributed by atoms with Gasteiger partial charge in [-0.15, -0.1) is 0 Å². The number of nitrogens with one attached hydrogen (secondary N) is 2. The van der Waals surface area contributed by atoms with E-state index in [1.165, 1.54) is 0 Å². The van der Waals surface area contributed by atoms with Gasteiger partial charge in [-0.25, -0.2) is 0 Å². The number of hydrogen-bond acceptors (Lipinski definition) is 6. The summed E-state index contributed by atoms with van der Waals surface area (Å²) in [5, 5.41) is 5.34. The summed E-state index contributed by atoms with van der Waals surface area (Å²) in [7, 11) is 0. The fourth-order valence-electron chi connectivity index (χ4n) is 4.36. The first-order chi connectivity index (χ1) is 14.5. The van der Waals surface area contributed by atoms with E-state index in [4.69, 9.17) is 16.3 Å². The molecule has 3 aliphatic heterocycles. The second kappa shape index (κ2) is 9.22. The molecule has 1 aromatic carbocycles. The lowest BCUT2D eigenvalue weighted by atomic mass is 9.98. The average molecular weight is 435 g/mol. The number of halogens is 1. The maximum Gasteiger partial charge on any atom is 0.317 e. The lowest BCUT2D eigenvalue weighted by Gasteiger charge is -2.44. The van der Waals surface area contributed by atoms with Crippen LogP contribution in [0.4, 0.5) is 16.2 Å². The van der Waals surface area contributed by atoms with Crippen molar-refractivity contribution in [2.75, 3.05) is 43.1 Å². The summed E-state index contributed by atoms with van der Waals surface area (Å²) in [5.74, 6) is -0.593. The number of carbonyl (C=O) groups is 3. The van der Waals surface area contributed by atoms with Crippen LogP contribution in [0, 0.1) is 5.92 Å². The van der Waals surface area contributed by atoms with Crippen LogP contribution in [0.15, 0.2) is 24.3 Å². The highest BCUT2D eigenvalue weighted by atomic mass is 35.5. The van der Waals surface area contributed by atoms with Crippen molar-refractivity contribution >= 4 is 40.2 Å². The second-order valence-electron chi connectivity index (χ2n) is 8.15. The van der Waals surface area contributed by atoms with Crippen LogP contribution in [0.25, 0.3) is 0 Å². The van der Waals surface area contributed by atoms with Gasteiger partial charge in [-0.05, 0) is 49.1 Å². The van der Waals surface area contributed by atoms with Crippen LogP contribution < -0.4 is 15.5 Å². The SMILES string of the molecule is O=C1CCC(CNc2cccc(N3CCC(N(C(=O)Cl)C4COC4)CC3)c2)C(=O)N1. The average Bonchev–Trinajstić information content (AvgIpc) is 2.70. The third-order valence-electron chi connectivity index (χ3n) is 6.19.